The number of amidine groups is 1. The highest BCUT2D eigenvalue weighted by molar-refractivity contribution is 8.18. The van der Waals surface area contributed by atoms with Crippen LogP contribution in [0.25, 0.3) is 6.08 Å². The summed E-state index contributed by atoms with van der Waals surface area (Å²) >= 11 is 12.9. The van der Waals surface area contributed by atoms with Crippen molar-refractivity contribution in [3.63, 3.8) is 0 Å². The first-order chi connectivity index (χ1) is 15.9. The molecule has 0 bridgehead atoms. The van der Waals surface area contributed by atoms with Crippen LogP contribution in [-0.2, 0) is 11.4 Å². The van der Waals surface area contributed by atoms with Crippen LogP contribution < -0.4 is 14.8 Å². The minimum atomic E-state index is -0.529. The summed E-state index contributed by atoms with van der Waals surface area (Å²) in [5.41, 5.74) is 2.17. The molecule has 5 nitrogen and oxygen atoms in total. The first-order valence-corrected chi connectivity index (χ1v) is 11.3. The molecular formula is C24H17Cl2FN2O3S. The molecule has 3 aromatic carbocycles. The number of aliphatic imine (C=N–C) groups is 1. The number of ether oxygens (including phenoxy) is 2. The number of methoxy groups -OCH3 is 1. The molecule has 0 spiro atoms. The van der Waals surface area contributed by atoms with Crippen LogP contribution in [0.2, 0.25) is 10.0 Å². The van der Waals surface area contributed by atoms with Gasteiger partial charge in [0.1, 0.15) is 12.4 Å². The van der Waals surface area contributed by atoms with Crippen LogP contribution >= 0.6 is 35.0 Å². The molecule has 1 saturated heterocycles. The Morgan fingerprint density at radius 3 is 2.58 bits per heavy atom. The van der Waals surface area contributed by atoms with Crippen LogP contribution in [0.4, 0.5) is 10.1 Å². The predicted octanol–water partition coefficient (Wildman–Crippen LogP) is 6.61. The Labute approximate surface area is 204 Å². The third kappa shape index (κ3) is 5.87. The highest BCUT2D eigenvalue weighted by Crippen LogP contribution is 2.33. The van der Waals surface area contributed by atoms with Gasteiger partial charge in [0.05, 0.1) is 22.7 Å². The molecule has 168 valence electrons. The summed E-state index contributed by atoms with van der Waals surface area (Å²) in [6, 6.07) is 16.9. The van der Waals surface area contributed by atoms with Gasteiger partial charge in [0.15, 0.2) is 16.7 Å². The minimum absolute atomic E-state index is 0.0348. The topological polar surface area (TPSA) is 59.9 Å². The van der Waals surface area contributed by atoms with E-state index in [1.165, 1.54) is 30.0 Å². The van der Waals surface area contributed by atoms with Crippen molar-refractivity contribution in [2.24, 2.45) is 4.99 Å². The molecule has 1 aliphatic rings. The number of carbonyl (C=O) groups excluding carboxylic acids is 1. The lowest BCUT2D eigenvalue weighted by Gasteiger charge is -2.11. The molecule has 1 amide bonds. The Morgan fingerprint density at radius 2 is 1.85 bits per heavy atom. The van der Waals surface area contributed by atoms with Gasteiger partial charge in [-0.15, -0.1) is 0 Å². The molecule has 0 unspecified atom stereocenters. The van der Waals surface area contributed by atoms with E-state index in [-0.39, 0.29) is 10.9 Å². The second-order valence-electron chi connectivity index (χ2n) is 6.91. The average molecular weight is 503 g/mol. The van der Waals surface area contributed by atoms with Gasteiger partial charge in [-0.1, -0.05) is 41.4 Å². The third-order valence-electron chi connectivity index (χ3n) is 4.58. The fourth-order valence-electron chi connectivity index (χ4n) is 2.94. The van der Waals surface area contributed by atoms with E-state index in [4.69, 9.17) is 32.7 Å². The molecule has 0 aromatic heterocycles. The fourth-order valence-corrected chi connectivity index (χ4v) is 4.08. The molecule has 1 aliphatic heterocycles. The summed E-state index contributed by atoms with van der Waals surface area (Å²) in [4.78, 5) is 17.1. The van der Waals surface area contributed by atoms with Gasteiger partial charge < -0.3 is 14.8 Å². The zero-order valence-corrected chi connectivity index (χ0v) is 19.6. The standard InChI is InChI=1S/C24H17Cl2FN2O3S/c1-31-21-10-15(4-9-20(21)32-13-14-2-5-16(25)6-3-14)11-22-23(30)29-24(33-22)28-17-7-8-19(27)18(26)12-17/h2-12H,13H2,1H3,(H,28,29,30). The molecule has 9 heteroatoms. The maximum Gasteiger partial charge on any atom is 0.264 e. The van der Waals surface area contributed by atoms with E-state index in [9.17, 15) is 9.18 Å². The van der Waals surface area contributed by atoms with Gasteiger partial charge in [-0.3, -0.25) is 4.79 Å². The van der Waals surface area contributed by atoms with E-state index < -0.39 is 5.82 Å². The lowest BCUT2D eigenvalue weighted by atomic mass is 10.2. The highest BCUT2D eigenvalue weighted by Gasteiger charge is 2.24. The Bertz CT molecular complexity index is 1260. The first kappa shape index (κ1) is 23.2. The number of hydrogen-bond donors (Lipinski definition) is 1. The van der Waals surface area contributed by atoms with Crippen molar-refractivity contribution in [1.82, 2.24) is 5.32 Å². The molecular weight excluding hydrogens is 486 g/mol. The summed E-state index contributed by atoms with van der Waals surface area (Å²) in [6.07, 6.45) is 1.73. The number of carbonyl (C=O) groups is 1. The predicted molar refractivity (Wildman–Crippen MR) is 131 cm³/mol. The van der Waals surface area contributed by atoms with Crippen molar-refractivity contribution in [1.29, 1.82) is 0 Å². The zero-order chi connectivity index (χ0) is 23.4. The summed E-state index contributed by atoms with van der Waals surface area (Å²) in [5.74, 6) is 0.304. The lowest BCUT2D eigenvalue weighted by molar-refractivity contribution is -0.115. The number of rotatable bonds is 6. The molecule has 3 aromatic rings. The largest absolute Gasteiger partial charge is 0.493 e. The van der Waals surface area contributed by atoms with Crippen molar-refractivity contribution < 1.29 is 18.7 Å². The number of halogens is 3. The summed E-state index contributed by atoms with van der Waals surface area (Å²) in [7, 11) is 1.55. The molecule has 0 radical (unpaired) electrons. The summed E-state index contributed by atoms with van der Waals surface area (Å²) < 4.78 is 24.7. The van der Waals surface area contributed by atoms with Crippen molar-refractivity contribution in [3.8, 4) is 11.5 Å². The van der Waals surface area contributed by atoms with E-state index in [0.29, 0.717) is 38.9 Å². The SMILES string of the molecule is COc1cc(C=C2SC(=Nc3ccc(F)c(Cl)c3)NC2=O)ccc1OCc1ccc(Cl)cc1. The van der Waals surface area contributed by atoms with Gasteiger partial charge in [-0.05, 0) is 71.4 Å². The smallest absolute Gasteiger partial charge is 0.264 e. The van der Waals surface area contributed by atoms with Crippen LogP contribution in [-0.4, -0.2) is 18.2 Å². The maximum atomic E-state index is 13.3. The molecule has 0 aliphatic carbocycles. The van der Waals surface area contributed by atoms with Gasteiger partial charge in [0.25, 0.3) is 5.91 Å². The van der Waals surface area contributed by atoms with E-state index in [1.807, 2.05) is 18.2 Å². The van der Waals surface area contributed by atoms with Gasteiger partial charge >= 0.3 is 0 Å². The number of nitrogens with zero attached hydrogens (tertiary/aromatic N) is 1. The van der Waals surface area contributed by atoms with E-state index in [2.05, 4.69) is 10.3 Å². The second kappa shape index (κ2) is 10.3. The zero-order valence-electron chi connectivity index (χ0n) is 17.3. The maximum absolute atomic E-state index is 13.3. The summed E-state index contributed by atoms with van der Waals surface area (Å²) in [6.45, 7) is 0.361. The van der Waals surface area contributed by atoms with Gasteiger partial charge in [-0.25, -0.2) is 9.38 Å². The summed E-state index contributed by atoms with van der Waals surface area (Å²) in [5, 5.41) is 3.70. The second-order valence-corrected chi connectivity index (χ2v) is 8.78. The van der Waals surface area contributed by atoms with Crippen molar-refractivity contribution in [2.75, 3.05) is 7.11 Å². The van der Waals surface area contributed by atoms with E-state index >= 15 is 0 Å². The molecule has 1 fully saturated rings. The Balaban J connectivity index is 1.48. The quantitative estimate of drug-likeness (QED) is 0.385. The highest BCUT2D eigenvalue weighted by atomic mass is 35.5. The van der Waals surface area contributed by atoms with Crippen molar-refractivity contribution in [3.05, 3.63) is 92.6 Å². The molecule has 4 rings (SSSR count). The normalized spacial score (nSPS) is 15.7. The van der Waals surface area contributed by atoms with Crippen molar-refractivity contribution >= 4 is 57.8 Å². The number of benzene rings is 3. The minimum Gasteiger partial charge on any atom is -0.493 e. The van der Waals surface area contributed by atoms with Crippen LogP contribution in [0.1, 0.15) is 11.1 Å². The Hall–Kier alpha value is -3.00. The van der Waals surface area contributed by atoms with Gasteiger partial charge in [-0.2, -0.15) is 0 Å². The Kier molecular flexibility index (Phi) is 7.23. The fraction of sp³-hybridized carbons (Fsp3) is 0.0833. The molecule has 33 heavy (non-hydrogen) atoms. The van der Waals surface area contributed by atoms with Crippen LogP contribution in [0.3, 0.4) is 0 Å². The van der Waals surface area contributed by atoms with E-state index in [1.54, 1.807) is 37.5 Å². The number of thioether (sulfide) groups is 1. The molecule has 1 heterocycles. The van der Waals surface area contributed by atoms with Gasteiger partial charge in [0.2, 0.25) is 0 Å². The molecule has 0 saturated carbocycles. The van der Waals surface area contributed by atoms with Crippen LogP contribution in [0.5, 0.6) is 11.5 Å². The first-order valence-electron chi connectivity index (χ1n) is 9.71. The lowest BCUT2D eigenvalue weighted by Crippen LogP contribution is -2.19. The van der Waals surface area contributed by atoms with E-state index in [0.717, 1.165) is 11.1 Å². The molecule has 0 atom stereocenters. The number of amides is 1. The third-order valence-corrected chi connectivity index (χ3v) is 6.03. The molecule has 1 N–H and O–H groups in total. The van der Waals surface area contributed by atoms with Crippen LogP contribution in [0.15, 0.2) is 70.6 Å². The Morgan fingerprint density at radius 1 is 1.06 bits per heavy atom. The number of hydrogen-bond acceptors (Lipinski definition) is 5. The number of nitrogens with one attached hydrogen (secondary N) is 1. The van der Waals surface area contributed by atoms with Gasteiger partial charge in [0, 0.05) is 5.02 Å². The monoisotopic (exact) mass is 502 g/mol. The average Bonchev–Trinajstić information content (AvgIpc) is 3.14. The van der Waals surface area contributed by atoms with Crippen LogP contribution in [0, 0.1) is 5.82 Å². The van der Waals surface area contributed by atoms with Crippen molar-refractivity contribution in [2.45, 2.75) is 6.61 Å².